The van der Waals surface area contributed by atoms with E-state index in [1.165, 1.54) is 16.7 Å². The predicted molar refractivity (Wildman–Crippen MR) is 69.8 cm³/mol. The highest BCUT2D eigenvalue weighted by Gasteiger charge is 2.14. The van der Waals surface area contributed by atoms with Gasteiger partial charge in [0, 0.05) is 6.42 Å². The van der Waals surface area contributed by atoms with Gasteiger partial charge in [0.1, 0.15) is 0 Å². The number of allylic oxidation sites excluding steroid dienone is 1. The Balaban J connectivity index is 1.85. The highest BCUT2D eigenvalue weighted by atomic mass is 16.7. The minimum atomic E-state index is 0.0105. The molecule has 1 aromatic carbocycles. The van der Waals surface area contributed by atoms with Crippen LogP contribution in [-0.2, 0) is 9.47 Å². The van der Waals surface area contributed by atoms with Gasteiger partial charge in [-0.25, -0.2) is 0 Å². The van der Waals surface area contributed by atoms with Gasteiger partial charge >= 0.3 is 0 Å². The van der Waals surface area contributed by atoms with E-state index in [2.05, 4.69) is 44.2 Å². The molecule has 92 valence electrons. The van der Waals surface area contributed by atoms with Crippen LogP contribution >= 0.6 is 0 Å². The van der Waals surface area contributed by atoms with Gasteiger partial charge in [-0.05, 0) is 25.8 Å². The molecule has 1 aromatic rings. The highest BCUT2D eigenvalue weighted by molar-refractivity contribution is 5.52. The summed E-state index contributed by atoms with van der Waals surface area (Å²) >= 11 is 0. The summed E-state index contributed by atoms with van der Waals surface area (Å²) in [6.45, 7) is 5.75. The normalized spacial score (nSPS) is 17.6. The Bertz CT molecular complexity index is 372. The molecule has 2 heteroatoms. The SMILES string of the molecule is C/C(=C/c1ccc(C)cc1)CCC1OCCO1. The van der Waals surface area contributed by atoms with E-state index in [1.807, 2.05) is 0 Å². The summed E-state index contributed by atoms with van der Waals surface area (Å²) < 4.78 is 10.8. The summed E-state index contributed by atoms with van der Waals surface area (Å²) in [5.41, 5.74) is 3.93. The molecule has 2 rings (SSSR count). The average molecular weight is 232 g/mol. The first kappa shape index (κ1) is 12.3. The number of hydrogen-bond acceptors (Lipinski definition) is 2. The molecular formula is C15H20O2. The molecule has 2 nitrogen and oxygen atoms in total. The summed E-state index contributed by atoms with van der Waals surface area (Å²) in [4.78, 5) is 0. The minimum Gasteiger partial charge on any atom is -0.350 e. The van der Waals surface area contributed by atoms with Crippen molar-refractivity contribution in [2.45, 2.75) is 33.0 Å². The molecule has 0 amide bonds. The molecular weight excluding hydrogens is 212 g/mol. The van der Waals surface area contributed by atoms with E-state index in [4.69, 9.17) is 9.47 Å². The van der Waals surface area contributed by atoms with Crippen molar-refractivity contribution in [2.24, 2.45) is 0 Å². The molecule has 0 N–H and O–H groups in total. The molecule has 0 bridgehead atoms. The smallest absolute Gasteiger partial charge is 0.158 e. The lowest BCUT2D eigenvalue weighted by molar-refractivity contribution is -0.0461. The van der Waals surface area contributed by atoms with Crippen molar-refractivity contribution >= 4 is 6.08 Å². The van der Waals surface area contributed by atoms with E-state index in [1.54, 1.807) is 0 Å². The molecule has 0 atom stereocenters. The van der Waals surface area contributed by atoms with Gasteiger partial charge in [0.05, 0.1) is 13.2 Å². The first-order valence-electron chi connectivity index (χ1n) is 6.21. The fourth-order valence-electron chi connectivity index (χ4n) is 1.94. The lowest BCUT2D eigenvalue weighted by Gasteiger charge is -2.08. The third-order valence-electron chi connectivity index (χ3n) is 2.96. The molecule has 1 heterocycles. The maximum atomic E-state index is 5.42. The van der Waals surface area contributed by atoms with E-state index >= 15 is 0 Å². The van der Waals surface area contributed by atoms with Crippen molar-refractivity contribution < 1.29 is 9.47 Å². The zero-order valence-electron chi connectivity index (χ0n) is 10.6. The third-order valence-corrected chi connectivity index (χ3v) is 2.96. The predicted octanol–water partition coefficient (Wildman–Crippen LogP) is 3.55. The summed E-state index contributed by atoms with van der Waals surface area (Å²) in [5.74, 6) is 0. The molecule has 17 heavy (non-hydrogen) atoms. The largest absolute Gasteiger partial charge is 0.350 e. The molecule has 1 fully saturated rings. The number of aryl methyl sites for hydroxylation is 1. The van der Waals surface area contributed by atoms with E-state index in [0.717, 1.165) is 26.1 Å². The van der Waals surface area contributed by atoms with E-state index in [-0.39, 0.29) is 6.29 Å². The van der Waals surface area contributed by atoms with Crippen LogP contribution < -0.4 is 0 Å². The Morgan fingerprint density at radius 1 is 1.24 bits per heavy atom. The van der Waals surface area contributed by atoms with Crippen LogP contribution in [-0.4, -0.2) is 19.5 Å². The van der Waals surface area contributed by atoms with E-state index in [0.29, 0.717) is 0 Å². The van der Waals surface area contributed by atoms with Gasteiger partial charge in [-0.3, -0.25) is 0 Å². The standard InChI is InChI=1S/C15H20O2/c1-12-3-6-14(7-4-12)11-13(2)5-8-15-16-9-10-17-15/h3-4,6-7,11,15H,5,8-10H2,1-2H3/b13-11-. The van der Waals surface area contributed by atoms with E-state index < -0.39 is 0 Å². The van der Waals surface area contributed by atoms with Gasteiger partial charge in [0.25, 0.3) is 0 Å². The van der Waals surface area contributed by atoms with Gasteiger partial charge < -0.3 is 9.47 Å². The summed E-state index contributed by atoms with van der Waals surface area (Å²) in [6, 6.07) is 8.59. The van der Waals surface area contributed by atoms with Crippen molar-refractivity contribution in [1.29, 1.82) is 0 Å². The minimum absolute atomic E-state index is 0.0105. The van der Waals surface area contributed by atoms with Gasteiger partial charge in [0.2, 0.25) is 0 Å². The Hall–Kier alpha value is -1.12. The second kappa shape index (κ2) is 5.99. The van der Waals surface area contributed by atoms with Crippen LogP contribution in [0, 0.1) is 6.92 Å². The van der Waals surface area contributed by atoms with Crippen LogP contribution in [0.4, 0.5) is 0 Å². The Kier molecular flexibility index (Phi) is 4.35. The van der Waals surface area contributed by atoms with Gasteiger partial charge in [-0.2, -0.15) is 0 Å². The van der Waals surface area contributed by atoms with Gasteiger partial charge in [0.15, 0.2) is 6.29 Å². The highest BCUT2D eigenvalue weighted by Crippen LogP contribution is 2.16. The first-order chi connectivity index (χ1) is 8.24. The van der Waals surface area contributed by atoms with Crippen molar-refractivity contribution in [1.82, 2.24) is 0 Å². The maximum absolute atomic E-state index is 5.42. The zero-order valence-corrected chi connectivity index (χ0v) is 10.6. The molecule has 0 unspecified atom stereocenters. The van der Waals surface area contributed by atoms with Crippen LogP contribution in [0.25, 0.3) is 6.08 Å². The fraction of sp³-hybridized carbons (Fsp3) is 0.467. The molecule has 1 aliphatic rings. The first-order valence-corrected chi connectivity index (χ1v) is 6.21. The van der Waals surface area contributed by atoms with Crippen LogP contribution in [0.3, 0.4) is 0 Å². The fourth-order valence-corrected chi connectivity index (χ4v) is 1.94. The average Bonchev–Trinajstić information content (AvgIpc) is 2.83. The molecule has 0 saturated carbocycles. The van der Waals surface area contributed by atoms with Gasteiger partial charge in [-0.15, -0.1) is 0 Å². The molecule has 0 aromatic heterocycles. The lowest BCUT2D eigenvalue weighted by Crippen LogP contribution is -2.06. The number of benzene rings is 1. The van der Waals surface area contributed by atoms with Crippen molar-refractivity contribution in [3.8, 4) is 0 Å². The number of ether oxygens (including phenoxy) is 2. The van der Waals surface area contributed by atoms with Crippen LogP contribution in [0.1, 0.15) is 30.9 Å². The Morgan fingerprint density at radius 2 is 1.88 bits per heavy atom. The van der Waals surface area contributed by atoms with Crippen molar-refractivity contribution in [3.63, 3.8) is 0 Å². The molecule has 0 aliphatic carbocycles. The Morgan fingerprint density at radius 3 is 2.53 bits per heavy atom. The summed E-state index contributed by atoms with van der Waals surface area (Å²) in [5, 5.41) is 0. The van der Waals surface area contributed by atoms with Crippen molar-refractivity contribution in [2.75, 3.05) is 13.2 Å². The molecule has 1 aliphatic heterocycles. The quantitative estimate of drug-likeness (QED) is 0.790. The number of rotatable bonds is 4. The second-order valence-corrected chi connectivity index (χ2v) is 4.61. The Labute approximate surface area is 103 Å². The second-order valence-electron chi connectivity index (χ2n) is 4.61. The van der Waals surface area contributed by atoms with Crippen LogP contribution in [0.5, 0.6) is 0 Å². The maximum Gasteiger partial charge on any atom is 0.158 e. The summed E-state index contributed by atoms with van der Waals surface area (Å²) in [6.07, 6.45) is 4.22. The van der Waals surface area contributed by atoms with Gasteiger partial charge in [-0.1, -0.05) is 41.5 Å². The monoisotopic (exact) mass is 232 g/mol. The van der Waals surface area contributed by atoms with Crippen LogP contribution in [0.2, 0.25) is 0 Å². The summed E-state index contributed by atoms with van der Waals surface area (Å²) in [7, 11) is 0. The zero-order chi connectivity index (χ0) is 12.1. The molecule has 0 spiro atoms. The lowest BCUT2D eigenvalue weighted by atomic mass is 10.1. The third kappa shape index (κ3) is 3.99. The van der Waals surface area contributed by atoms with E-state index in [9.17, 15) is 0 Å². The molecule has 1 saturated heterocycles. The molecule has 0 radical (unpaired) electrons. The number of hydrogen-bond donors (Lipinski definition) is 0. The van der Waals surface area contributed by atoms with Crippen LogP contribution in [0.15, 0.2) is 29.8 Å². The topological polar surface area (TPSA) is 18.5 Å². The van der Waals surface area contributed by atoms with Crippen molar-refractivity contribution in [3.05, 3.63) is 41.0 Å².